The standard InChI is InChI=1S/C34H45N5O3.C2HF3O2/c1-5-39(29-10-16-42-17-11-29)32-20-28(27-8-6-26(7-9-27)22-38-14-12-35-13-15-38)19-30(25(32)4)33(40)36-21-31-23(2)18-24(3)37-34(31)41;3-2(4,5)1(6)7/h6-9,18-20,29,35H,5,10-17,21-22H2,1-4H3,(H,36,40)(H,37,41);(H,6,7). The Morgan fingerprint density at radius 1 is 1.02 bits per heavy atom. The average Bonchev–Trinajstić information content (AvgIpc) is 3.06. The van der Waals surface area contributed by atoms with Crippen LogP contribution in [-0.2, 0) is 22.6 Å². The topological polar surface area (TPSA) is 127 Å². The number of H-pyrrole nitrogens is 1. The van der Waals surface area contributed by atoms with Crippen LogP contribution in [0.5, 0.6) is 0 Å². The highest BCUT2D eigenvalue weighted by molar-refractivity contribution is 5.99. The number of halogens is 3. The number of carboxylic acid groups (broad SMARTS) is 1. The summed E-state index contributed by atoms with van der Waals surface area (Å²) in [5, 5.41) is 13.6. The molecule has 266 valence electrons. The van der Waals surface area contributed by atoms with Crippen LogP contribution in [0.2, 0.25) is 0 Å². The van der Waals surface area contributed by atoms with Crippen LogP contribution in [0.15, 0.2) is 47.3 Å². The fourth-order valence-corrected chi connectivity index (χ4v) is 6.32. The molecule has 3 heterocycles. The van der Waals surface area contributed by atoms with Crippen LogP contribution in [0.3, 0.4) is 0 Å². The maximum atomic E-state index is 13.8. The van der Waals surface area contributed by atoms with Gasteiger partial charge in [0.05, 0.1) is 0 Å². The molecule has 2 saturated heterocycles. The number of pyridine rings is 1. The number of amides is 1. The van der Waals surface area contributed by atoms with E-state index >= 15 is 0 Å². The number of benzene rings is 2. The molecule has 3 aromatic rings. The largest absolute Gasteiger partial charge is 0.490 e. The molecule has 0 unspecified atom stereocenters. The van der Waals surface area contributed by atoms with Crippen molar-refractivity contribution in [3.05, 3.63) is 86.3 Å². The monoisotopic (exact) mass is 685 g/mol. The van der Waals surface area contributed by atoms with Crippen molar-refractivity contribution in [1.82, 2.24) is 20.5 Å². The third-order valence-corrected chi connectivity index (χ3v) is 8.97. The van der Waals surface area contributed by atoms with Gasteiger partial charge in [0.1, 0.15) is 0 Å². The Morgan fingerprint density at radius 2 is 1.65 bits per heavy atom. The lowest BCUT2D eigenvalue weighted by Gasteiger charge is -2.37. The summed E-state index contributed by atoms with van der Waals surface area (Å²) in [7, 11) is 0. The van der Waals surface area contributed by atoms with E-state index in [1.807, 2.05) is 32.9 Å². The molecule has 10 nitrogen and oxygen atoms in total. The second-order valence-corrected chi connectivity index (χ2v) is 12.4. The number of rotatable bonds is 9. The quantitative estimate of drug-likeness (QED) is 0.250. The first-order valence-corrected chi connectivity index (χ1v) is 16.6. The SMILES string of the molecule is CCN(c1cc(-c2ccc(CN3CCNCC3)cc2)cc(C(=O)NCc2c(C)cc(C)[nH]c2=O)c1C)C1CCOCC1.O=C(O)C(F)(F)F. The normalized spacial score (nSPS) is 15.7. The van der Waals surface area contributed by atoms with Crippen molar-refractivity contribution < 1.29 is 32.6 Å². The highest BCUT2D eigenvalue weighted by atomic mass is 19.4. The molecule has 0 radical (unpaired) electrons. The number of aromatic nitrogens is 1. The fraction of sp³-hybridized carbons (Fsp3) is 0.472. The number of ether oxygens (including phenoxy) is 1. The molecule has 0 atom stereocenters. The second-order valence-electron chi connectivity index (χ2n) is 12.4. The minimum Gasteiger partial charge on any atom is -0.475 e. The smallest absolute Gasteiger partial charge is 0.475 e. The Morgan fingerprint density at radius 3 is 2.22 bits per heavy atom. The average molecular weight is 686 g/mol. The van der Waals surface area contributed by atoms with Crippen LogP contribution >= 0.6 is 0 Å². The number of aryl methyl sites for hydroxylation is 2. The number of hydrogen-bond donors (Lipinski definition) is 4. The third-order valence-electron chi connectivity index (χ3n) is 8.97. The summed E-state index contributed by atoms with van der Waals surface area (Å²) in [6, 6.07) is 15.3. The van der Waals surface area contributed by atoms with Gasteiger partial charge in [-0.1, -0.05) is 24.3 Å². The summed E-state index contributed by atoms with van der Waals surface area (Å²) in [4.78, 5) is 43.0. The highest BCUT2D eigenvalue weighted by Gasteiger charge is 2.38. The van der Waals surface area contributed by atoms with Gasteiger partial charge in [-0.2, -0.15) is 13.2 Å². The van der Waals surface area contributed by atoms with E-state index in [1.54, 1.807) is 0 Å². The summed E-state index contributed by atoms with van der Waals surface area (Å²) < 4.78 is 37.4. The fourth-order valence-electron chi connectivity index (χ4n) is 6.32. The summed E-state index contributed by atoms with van der Waals surface area (Å²) in [5.41, 5.74) is 8.19. The first-order chi connectivity index (χ1) is 23.3. The van der Waals surface area contributed by atoms with Crippen molar-refractivity contribution in [1.29, 1.82) is 0 Å². The number of anilines is 1. The zero-order chi connectivity index (χ0) is 35.7. The van der Waals surface area contributed by atoms with E-state index in [-0.39, 0.29) is 18.0 Å². The number of aromatic amines is 1. The Labute approximate surface area is 284 Å². The minimum atomic E-state index is -5.08. The zero-order valence-corrected chi connectivity index (χ0v) is 28.5. The minimum absolute atomic E-state index is 0.156. The van der Waals surface area contributed by atoms with Gasteiger partial charge in [-0.25, -0.2) is 4.79 Å². The molecular weight excluding hydrogens is 639 g/mol. The number of aliphatic carboxylic acids is 1. The number of alkyl halides is 3. The summed E-state index contributed by atoms with van der Waals surface area (Å²) in [5.74, 6) is -2.93. The van der Waals surface area contributed by atoms with Gasteiger partial charge in [0.2, 0.25) is 0 Å². The van der Waals surface area contributed by atoms with E-state index in [4.69, 9.17) is 14.6 Å². The van der Waals surface area contributed by atoms with Gasteiger partial charge < -0.3 is 30.4 Å². The molecule has 2 fully saturated rings. The summed E-state index contributed by atoms with van der Waals surface area (Å²) in [6.07, 6.45) is -3.15. The molecular formula is C36H46F3N5O5. The molecule has 2 aliphatic heterocycles. The molecule has 49 heavy (non-hydrogen) atoms. The van der Waals surface area contributed by atoms with Crippen molar-refractivity contribution in [3.63, 3.8) is 0 Å². The van der Waals surface area contributed by atoms with Crippen molar-refractivity contribution in [2.75, 3.05) is 50.8 Å². The Bertz CT molecular complexity index is 1650. The molecule has 0 saturated carbocycles. The van der Waals surface area contributed by atoms with Gasteiger partial charge in [0.15, 0.2) is 0 Å². The lowest BCUT2D eigenvalue weighted by atomic mass is 9.94. The van der Waals surface area contributed by atoms with E-state index in [1.165, 1.54) is 5.56 Å². The molecule has 0 aliphatic carbocycles. The molecule has 0 bridgehead atoms. The maximum Gasteiger partial charge on any atom is 0.490 e. The Kier molecular flexibility index (Phi) is 13.0. The van der Waals surface area contributed by atoms with Gasteiger partial charge in [0, 0.05) is 87.6 Å². The molecule has 2 aromatic carbocycles. The molecule has 1 aromatic heterocycles. The number of hydrogen-bond acceptors (Lipinski definition) is 7. The van der Waals surface area contributed by atoms with Crippen LogP contribution in [0.4, 0.5) is 18.9 Å². The maximum absolute atomic E-state index is 13.8. The first kappa shape index (κ1) is 37.6. The predicted molar refractivity (Wildman–Crippen MR) is 183 cm³/mol. The highest BCUT2D eigenvalue weighted by Crippen LogP contribution is 2.34. The predicted octanol–water partition coefficient (Wildman–Crippen LogP) is 4.94. The van der Waals surface area contributed by atoms with E-state index < -0.39 is 12.1 Å². The van der Waals surface area contributed by atoms with Crippen LogP contribution in [0, 0.1) is 20.8 Å². The zero-order valence-electron chi connectivity index (χ0n) is 28.5. The van der Waals surface area contributed by atoms with Crippen LogP contribution in [0.25, 0.3) is 11.1 Å². The van der Waals surface area contributed by atoms with E-state index in [0.717, 1.165) is 99.0 Å². The van der Waals surface area contributed by atoms with E-state index in [0.29, 0.717) is 17.2 Å². The van der Waals surface area contributed by atoms with Crippen LogP contribution < -0.4 is 21.1 Å². The second kappa shape index (κ2) is 17.0. The molecule has 13 heteroatoms. The van der Waals surface area contributed by atoms with Gasteiger partial charge >= 0.3 is 12.1 Å². The molecule has 5 rings (SSSR count). The van der Waals surface area contributed by atoms with Crippen molar-refractivity contribution in [3.8, 4) is 11.1 Å². The molecule has 0 spiro atoms. The van der Waals surface area contributed by atoms with Crippen LogP contribution in [-0.4, -0.2) is 85.0 Å². The third kappa shape index (κ3) is 10.2. The van der Waals surface area contributed by atoms with Gasteiger partial charge in [-0.05, 0) is 86.6 Å². The van der Waals surface area contributed by atoms with E-state index in [2.05, 4.69) is 62.7 Å². The van der Waals surface area contributed by atoms with Crippen molar-refractivity contribution in [2.45, 2.75) is 65.8 Å². The van der Waals surface area contributed by atoms with Crippen molar-refractivity contribution in [2.24, 2.45) is 0 Å². The molecule has 4 N–H and O–H groups in total. The number of nitrogens with one attached hydrogen (secondary N) is 3. The van der Waals surface area contributed by atoms with Gasteiger partial charge in [-0.15, -0.1) is 0 Å². The van der Waals surface area contributed by atoms with E-state index in [9.17, 15) is 22.8 Å². The summed E-state index contributed by atoms with van der Waals surface area (Å²) in [6.45, 7) is 15.7. The number of carbonyl (C=O) groups is 2. The van der Waals surface area contributed by atoms with Gasteiger partial charge in [-0.3, -0.25) is 14.5 Å². The lowest BCUT2D eigenvalue weighted by Crippen LogP contribution is -2.42. The Hall–Kier alpha value is -4.20. The Balaban J connectivity index is 0.000000698. The number of carbonyl (C=O) groups excluding carboxylic acids is 1. The molecule has 2 aliphatic rings. The van der Waals surface area contributed by atoms with Crippen molar-refractivity contribution >= 4 is 17.6 Å². The number of carboxylic acids is 1. The number of nitrogens with zero attached hydrogens (tertiary/aromatic N) is 2. The lowest BCUT2D eigenvalue weighted by molar-refractivity contribution is -0.192. The van der Waals surface area contributed by atoms with Gasteiger partial charge in [0.25, 0.3) is 11.5 Å². The first-order valence-electron chi connectivity index (χ1n) is 16.6. The van der Waals surface area contributed by atoms with Crippen LogP contribution in [0.1, 0.15) is 58.1 Å². The molecule has 1 amide bonds. The number of piperazine rings is 1. The summed E-state index contributed by atoms with van der Waals surface area (Å²) >= 11 is 0.